The maximum atomic E-state index is 12.2. The van der Waals surface area contributed by atoms with Gasteiger partial charge in [0.15, 0.2) is 0 Å². The molecule has 1 N–H and O–H groups in total. The maximum Gasteiger partial charge on any atom is 0.242 e. The van der Waals surface area contributed by atoms with Gasteiger partial charge in [0.1, 0.15) is 4.90 Å². The van der Waals surface area contributed by atoms with Crippen molar-refractivity contribution in [1.29, 1.82) is 0 Å². The van der Waals surface area contributed by atoms with E-state index < -0.39 is 10.0 Å². The zero-order valence-corrected chi connectivity index (χ0v) is 13.6. The molecule has 1 aliphatic rings. The Hall–Kier alpha value is -0.100. The van der Waals surface area contributed by atoms with Gasteiger partial charge in [0.2, 0.25) is 10.0 Å². The van der Waals surface area contributed by atoms with E-state index in [4.69, 9.17) is 11.6 Å². The number of hydrogen-bond donors (Lipinski definition) is 1. The SMILES string of the molecule is O=S(=O)(NCC1CCCC(Br)C1)c1ccccc1Cl. The van der Waals surface area contributed by atoms with E-state index in [1.165, 1.54) is 12.5 Å². The number of rotatable bonds is 4. The van der Waals surface area contributed by atoms with Crippen LogP contribution in [-0.2, 0) is 10.0 Å². The van der Waals surface area contributed by atoms with Crippen LogP contribution in [0.4, 0.5) is 0 Å². The van der Waals surface area contributed by atoms with Gasteiger partial charge in [0, 0.05) is 11.4 Å². The smallest absolute Gasteiger partial charge is 0.211 e. The topological polar surface area (TPSA) is 46.2 Å². The summed E-state index contributed by atoms with van der Waals surface area (Å²) in [6.07, 6.45) is 4.42. The lowest BCUT2D eigenvalue weighted by Crippen LogP contribution is -2.32. The van der Waals surface area contributed by atoms with E-state index in [2.05, 4.69) is 20.7 Å². The van der Waals surface area contributed by atoms with Crippen LogP contribution in [0.25, 0.3) is 0 Å². The molecule has 0 heterocycles. The van der Waals surface area contributed by atoms with E-state index in [1.54, 1.807) is 18.2 Å². The minimum atomic E-state index is -3.51. The molecule has 3 nitrogen and oxygen atoms in total. The van der Waals surface area contributed by atoms with Crippen molar-refractivity contribution in [3.05, 3.63) is 29.3 Å². The highest BCUT2D eigenvalue weighted by molar-refractivity contribution is 9.09. The lowest BCUT2D eigenvalue weighted by molar-refractivity contribution is 0.368. The zero-order valence-electron chi connectivity index (χ0n) is 10.5. The summed E-state index contributed by atoms with van der Waals surface area (Å²) in [6.45, 7) is 0.482. The molecule has 0 aliphatic heterocycles. The third-order valence-electron chi connectivity index (χ3n) is 3.41. The predicted molar refractivity (Wildman–Crippen MR) is 81.3 cm³/mol. The first kappa shape index (κ1) is 15.3. The fourth-order valence-corrected chi connectivity index (χ4v) is 4.86. The molecule has 0 radical (unpaired) electrons. The Kier molecular flexibility index (Phi) is 5.29. The van der Waals surface area contributed by atoms with Gasteiger partial charge >= 0.3 is 0 Å². The van der Waals surface area contributed by atoms with Crippen LogP contribution in [0.15, 0.2) is 29.2 Å². The van der Waals surface area contributed by atoms with Crippen molar-refractivity contribution in [3.8, 4) is 0 Å². The molecule has 0 amide bonds. The van der Waals surface area contributed by atoms with Crippen molar-refractivity contribution in [2.24, 2.45) is 5.92 Å². The fourth-order valence-electron chi connectivity index (χ4n) is 2.38. The molecule has 0 aromatic heterocycles. The van der Waals surface area contributed by atoms with Crippen molar-refractivity contribution in [2.75, 3.05) is 6.54 Å². The minimum absolute atomic E-state index is 0.155. The number of halogens is 2. The largest absolute Gasteiger partial charge is 0.242 e. The van der Waals surface area contributed by atoms with Crippen molar-refractivity contribution in [1.82, 2.24) is 4.72 Å². The molecule has 106 valence electrons. The first-order valence-electron chi connectivity index (χ1n) is 6.37. The van der Waals surface area contributed by atoms with E-state index in [0.29, 0.717) is 17.3 Å². The van der Waals surface area contributed by atoms with Crippen LogP contribution in [0.1, 0.15) is 25.7 Å². The third kappa shape index (κ3) is 4.18. The highest BCUT2D eigenvalue weighted by atomic mass is 79.9. The molecule has 2 unspecified atom stereocenters. The molecule has 0 saturated heterocycles. The predicted octanol–water partition coefficient (Wildman–Crippen LogP) is 3.57. The Morgan fingerprint density at radius 1 is 1.32 bits per heavy atom. The fraction of sp³-hybridized carbons (Fsp3) is 0.538. The lowest BCUT2D eigenvalue weighted by atomic mass is 9.89. The summed E-state index contributed by atoms with van der Waals surface area (Å²) in [5.74, 6) is 0.399. The standard InChI is InChI=1S/C13H17BrClNO2S/c14-11-5-3-4-10(8-11)9-16-19(17,18)13-7-2-1-6-12(13)15/h1-2,6-7,10-11,16H,3-5,8-9H2. The van der Waals surface area contributed by atoms with Gasteiger partial charge in [-0.2, -0.15) is 0 Å². The first-order valence-corrected chi connectivity index (χ1v) is 9.15. The first-order chi connectivity index (χ1) is 8.99. The number of sulfonamides is 1. The molecule has 1 aromatic carbocycles. The van der Waals surface area contributed by atoms with Crippen LogP contribution in [0, 0.1) is 5.92 Å². The zero-order chi connectivity index (χ0) is 13.9. The van der Waals surface area contributed by atoms with Crippen LogP contribution < -0.4 is 4.72 Å². The van der Waals surface area contributed by atoms with Crippen LogP contribution in [0.3, 0.4) is 0 Å². The van der Waals surface area contributed by atoms with E-state index >= 15 is 0 Å². The van der Waals surface area contributed by atoms with Crippen molar-refractivity contribution in [2.45, 2.75) is 35.4 Å². The molecule has 0 bridgehead atoms. The summed E-state index contributed by atoms with van der Waals surface area (Å²) in [6, 6.07) is 6.51. The van der Waals surface area contributed by atoms with Gasteiger partial charge in [-0.1, -0.05) is 46.1 Å². The van der Waals surface area contributed by atoms with E-state index in [-0.39, 0.29) is 9.92 Å². The average Bonchev–Trinajstić information content (AvgIpc) is 2.37. The van der Waals surface area contributed by atoms with Crippen molar-refractivity contribution < 1.29 is 8.42 Å². The Labute approximate surface area is 127 Å². The molecule has 0 spiro atoms. The molecule has 2 atom stereocenters. The summed E-state index contributed by atoms with van der Waals surface area (Å²) >= 11 is 9.53. The molecule has 1 fully saturated rings. The van der Waals surface area contributed by atoms with Crippen LogP contribution in [0.5, 0.6) is 0 Å². The van der Waals surface area contributed by atoms with Gasteiger partial charge in [-0.05, 0) is 37.3 Å². The minimum Gasteiger partial charge on any atom is -0.211 e. The van der Waals surface area contributed by atoms with Gasteiger partial charge in [0.25, 0.3) is 0 Å². The average molecular weight is 367 g/mol. The highest BCUT2D eigenvalue weighted by Gasteiger charge is 2.23. The lowest BCUT2D eigenvalue weighted by Gasteiger charge is -2.25. The summed E-state index contributed by atoms with van der Waals surface area (Å²) in [7, 11) is -3.51. The van der Waals surface area contributed by atoms with Gasteiger partial charge < -0.3 is 0 Å². The van der Waals surface area contributed by atoms with Gasteiger partial charge in [-0.15, -0.1) is 0 Å². The number of benzene rings is 1. The number of nitrogens with one attached hydrogen (secondary N) is 1. The van der Waals surface area contributed by atoms with Crippen molar-refractivity contribution in [3.63, 3.8) is 0 Å². The molecular weight excluding hydrogens is 350 g/mol. The normalized spacial score (nSPS) is 24.3. The van der Waals surface area contributed by atoms with Gasteiger partial charge in [-0.3, -0.25) is 0 Å². The third-order valence-corrected chi connectivity index (χ3v) is 6.16. The van der Waals surface area contributed by atoms with E-state index in [1.807, 2.05) is 0 Å². The molecule has 6 heteroatoms. The Morgan fingerprint density at radius 2 is 2.05 bits per heavy atom. The Balaban J connectivity index is 2.00. The van der Waals surface area contributed by atoms with E-state index in [9.17, 15) is 8.42 Å². The second-order valence-electron chi connectivity index (χ2n) is 4.91. The van der Waals surface area contributed by atoms with E-state index in [0.717, 1.165) is 19.3 Å². The number of alkyl halides is 1. The summed E-state index contributed by atoms with van der Waals surface area (Å²) in [5.41, 5.74) is 0. The number of hydrogen-bond acceptors (Lipinski definition) is 2. The monoisotopic (exact) mass is 365 g/mol. The summed E-state index contributed by atoms with van der Waals surface area (Å²) in [4.78, 5) is 0.666. The second-order valence-corrected chi connectivity index (χ2v) is 8.35. The maximum absolute atomic E-state index is 12.2. The summed E-state index contributed by atoms with van der Waals surface area (Å²) in [5, 5.41) is 0.261. The molecule has 2 rings (SSSR count). The van der Waals surface area contributed by atoms with Crippen molar-refractivity contribution >= 4 is 37.6 Å². The molecule has 1 aliphatic carbocycles. The molecule has 1 saturated carbocycles. The van der Waals surface area contributed by atoms with Gasteiger partial charge in [0.05, 0.1) is 5.02 Å². The quantitative estimate of drug-likeness (QED) is 0.828. The van der Waals surface area contributed by atoms with Crippen LogP contribution in [0.2, 0.25) is 5.02 Å². The van der Waals surface area contributed by atoms with Crippen LogP contribution in [-0.4, -0.2) is 19.8 Å². The highest BCUT2D eigenvalue weighted by Crippen LogP contribution is 2.29. The second kappa shape index (κ2) is 6.57. The van der Waals surface area contributed by atoms with Crippen LogP contribution >= 0.6 is 27.5 Å². The Bertz CT molecular complexity index is 535. The van der Waals surface area contributed by atoms with Gasteiger partial charge in [-0.25, -0.2) is 13.1 Å². The molecule has 19 heavy (non-hydrogen) atoms. The Morgan fingerprint density at radius 3 is 2.74 bits per heavy atom. The summed E-state index contributed by atoms with van der Waals surface area (Å²) < 4.78 is 27.0. The molecular formula is C13H17BrClNO2S. The molecule has 1 aromatic rings.